The minimum Gasteiger partial charge on any atom is -0.208 e. The van der Waals surface area contributed by atoms with Crippen LogP contribution in [0.1, 0.15) is 39.0 Å². The summed E-state index contributed by atoms with van der Waals surface area (Å²) in [7, 11) is -3.34. The van der Waals surface area contributed by atoms with Crippen molar-refractivity contribution in [2.75, 3.05) is 0 Å². The van der Waals surface area contributed by atoms with Crippen LogP contribution in [0.5, 0.6) is 0 Å². The Labute approximate surface area is 110 Å². The normalized spacial score (nSPS) is 24.9. The van der Waals surface area contributed by atoms with Crippen molar-refractivity contribution in [2.24, 2.45) is 5.92 Å². The molecule has 2 rings (SSSR count). The average molecular weight is 267 g/mol. The second-order valence-electron chi connectivity index (χ2n) is 5.07. The molecule has 0 aliphatic heterocycles. The van der Waals surface area contributed by atoms with Crippen LogP contribution >= 0.6 is 0 Å². The Balaban J connectivity index is 2.05. The fourth-order valence-corrected chi connectivity index (χ4v) is 3.96. The zero-order chi connectivity index (χ0) is 13.0. The van der Waals surface area contributed by atoms with Crippen molar-refractivity contribution >= 4 is 10.0 Å². The van der Waals surface area contributed by atoms with Crippen LogP contribution in [0.4, 0.5) is 0 Å². The van der Waals surface area contributed by atoms with Gasteiger partial charge >= 0.3 is 0 Å². The quantitative estimate of drug-likeness (QED) is 0.911. The average Bonchev–Trinajstić information content (AvgIpc) is 2.39. The molecule has 1 fully saturated rings. The van der Waals surface area contributed by atoms with Crippen LogP contribution in [0.15, 0.2) is 35.2 Å². The van der Waals surface area contributed by atoms with E-state index in [4.69, 9.17) is 0 Å². The molecule has 3 nitrogen and oxygen atoms in total. The molecule has 1 aliphatic rings. The number of rotatable bonds is 4. The van der Waals surface area contributed by atoms with Gasteiger partial charge in [-0.1, -0.05) is 44.4 Å². The van der Waals surface area contributed by atoms with E-state index in [0.717, 1.165) is 25.7 Å². The molecule has 0 saturated heterocycles. The third-order valence-corrected chi connectivity index (χ3v) is 5.27. The predicted molar refractivity (Wildman–Crippen MR) is 72.8 cm³/mol. The highest BCUT2D eigenvalue weighted by atomic mass is 32.2. The molecule has 1 N–H and O–H groups in total. The van der Waals surface area contributed by atoms with Crippen LogP contribution in [0.3, 0.4) is 0 Å². The van der Waals surface area contributed by atoms with Crippen LogP contribution in [0.2, 0.25) is 0 Å². The molecule has 0 spiro atoms. The van der Waals surface area contributed by atoms with Gasteiger partial charge in [0.2, 0.25) is 10.0 Å². The van der Waals surface area contributed by atoms with Gasteiger partial charge in [0, 0.05) is 6.04 Å². The third-order valence-electron chi connectivity index (χ3n) is 3.74. The van der Waals surface area contributed by atoms with E-state index in [1.165, 1.54) is 6.42 Å². The maximum absolute atomic E-state index is 12.2. The molecule has 100 valence electrons. The van der Waals surface area contributed by atoms with Crippen molar-refractivity contribution in [2.45, 2.75) is 50.0 Å². The highest BCUT2D eigenvalue weighted by molar-refractivity contribution is 7.89. The summed E-state index contributed by atoms with van der Waals surface area (Å²) in [5.74, 6) is 0.669. The van der Waals surface area contributed by atoms with Crippen LogP contribution < -0.4 is 4.72 Å². The summed E-state index contributed by atoms with van der Waals surface area (Å²) in [5.41, 5.74) is 0. The molecular formula is C14H21NO2S. The summed E-state index contributed by atoms with van der Waals surface area (Å²) in [6.45, 7) is 2.18. The number of sulfonamides is 1. The van der Waals surface area contributed by atoms with Gasteiger partial charge in [-0.2, -0.15) is 0 Å². The maximum atomic E-state index is 12.2. The monoisotopic (exact) mass is 267 g/mol. The van der Waals surface area contributed by atoms with Crippen molar-refractivity contribution < 1.29 is 8.42 Å². The minimum atomic E-state index is -3.34. The van der Waals surface area contributed by atoms with Gasteiger partial charge in [0.15, 0.2) is 0 Å². The van der Waals surface area contributed by atoms with Crippen molar-refractivity contribution in [3.8, 4) is 0 Å². The lowest BCUT2D eigenvalue weighted by atomic mass is 9.85. The van der Waals surface area contributed by atoms with Gasteiger partial charge in [-0.05, 0) is 30.9 Å². The lowest BCUT2D eigenvalue weighted by Gasteiger charge is -2.28. The van der Waals surface area contributed by atoms with E-state index in [0.29, 0.717) is 10.8 Å². The minimum absolute atomic E-state index is 0.105. The Bertz CT molecular complexity index is 470. The molecule has 0 radical (unpaired) electrons. The zero-order valence-corrected chi connectivity index (χ0v) is 11.6. The summed E-state index contributed by atoms with van der Waals surface area (Å²) in [5, 5.41) is 0. The zero-order valence-electron chi connectivity index (χ0n) is 10.8. The molecule has 1 saturated carbocycles. The van der Waals surface area contributed by atoms with Crippen molar-refractivity contribution in [1.29, 1.82) is 0 Å². The second kappa shape index (κ2) is 5.85. The fourth-order valence-electron chi connectivity index (χ4n) is 2.66. The van der Waals surface area contributed by atoms with E-state index in [-0.39, 0.29) is 6.04 Å². The van der Waals surface area contributed by atoms with E-state index in [2.05, 4.69) is 11.6 Å². The van der Waals surface area contributed by atoms with E-state index in [9.17, 15) is 8.42 Å². The van der Waals surface area contributed by atoms with E-state index >= 15 is 0 Å². The van der Waals surface area contributed by atoms with Crippen LogP contribution in [-0.2, 0) is 10.0 Å². The molecular weight excluding hydrogens is 246 g/mol. The summed E-state index contributed by atoms with van der Waals surface area (Å²) in [6.07, 6.45) is 5.44. The summed E-state index contributed by atoms with van der Waals surface area (Å²) in [6, 6.07) is 8.72. The van der Waals surface area contributed by atoms with Gasteiger partial charge < -0.3 is 0 Å². The first-order valence-electron chi connectivity index (χ1n) is 6.69. The molecule has 18 heavy (non-hydrogen) atoms. The van der Waals surface area contributed by atoms with Crippen LogP contribution in [0.25, 0.3) is 0 Å². The Hall–Kier alpha value is -0.870. The molecule has 0 heterocycles. The van der Waals surface area contributed by atoms with E-state index in [1.54, 1.807) is 24.3 Å². The standard InChI is InChI=1S/C14H21NO2S/c1-2-12-7-6-8-13(11-12)15-18(16,17)14-9-4-3-5-10-14/h3-5,9-10,12-13,15H,2,6-8,11H2,1H3. The highest BCUT2D eigenvalue weighted by Gasteiger charge is 2.25. The first-order valence-corrected chi connectivity index (χ1v) is 8.17. The van der Waals surface area contributed by atoms with Gasteiger partial charge in [-0.25, -0.2) is 13.1 Å². The van der Waals surface area contributed by atoms with Gasteiger partial charge in [-0.15, -0.1) is 0 Å². The number of nitrogens with one attached hydrogen (secondary N) is 1. The van der Waals surface area contributed by atoms with Gasteiger partial charge in [0.05, 0.1) is 4.90 Å². The summed E-state index contributed by atoms with van der Waals surface area (Å²) < 4.78 is 27.2. The number of hydrogen-bond donors (Lipinski definition) is 1. The molecule has 2 unspecified atom stereocenters. The largest absolute Gasteiger partial charge is 0.240 e. The maximum Gasteiger partial charge on any atom is 0.240 e. The third kappa shape index (κ3) is 3.33. The predicted octanol–water partition coefficient (Wildman–Crippen LogP) is 2.93. The Morgan fingerprint density at radius 3 is 2.61 bits per heavy atom. The summed E-state index contributed by atoms with van der Waals surface area (Å²) >= 11 is 0. The van der Waals surface area contributed by atoms with Crippen LogP contribution in [-0.4, -0.2) is 14.5 Å². The highest BCUT2D eigenvalue weighted by Crippen LogP contribution is 2.27. The molecule has 1 aromatic carbocycles. The molecule has 0 aromatic heterocycles. The smallest absolute Gasteiger partial charge is 0.208 e. The Kier molecular flexibility index (Phi) is 4.40. The van der Waals surface area contributed by atoms with Crippen molar-refractivity contribution in [3.05, 3.63) is 30.3 Å². The lowest BCUT2D eigenvalue weighted by Crippen LogP contribution is -2.38. The molecule has 0 bridgehead atoms. The first-order chi connectivity index (χ1) is 8.62. The van der Waals surface area contributed by atoms with Gasteiger partial charge in [-0.3, -0.25) is 0 Å². The Morgan fingerprint density at radius 2 is 1.94 bits per heavy atom. The van der Waals surface area contributed by atoms with Crippen molar-refractivity contribution in [3.63, 3.8) is 0 Å². The number of benzene rings is 1. The topological polar surface area (TPSA) is 46.2 Å². The molecule has 2 atom stereocenters. The molecule has 4 heteroatoms. The number of hydrogen-bond acceptors (Lipinski definition) is 2. The first kappa shape index (κ1) is 13.6. The summed E-state index contributed by atoms with van der Waals surface area (Å²) in [4.78, 5) is 0.364. The van der Waals surface area contributed by atoms with E-state index in [1.807, 2.05) is 6.07 Å². The van der Waals surface area contributed by atoms with Gasteiger partial charge in [0.25, 0.3) is 0 Å². The van der Waals surface area contributed by atoms with Crippen LogP contribution in [0, 0.1) is 5.92 Å². The molecule has 0 amide bonds. The lowest BCUT2D eigenvalue weighted by molar-refractivity contribution is 0.301. The Morgan fingerprint density at radius 1 is 1.22 bits per heavy atom. The molecule has 1 aromatic rings. The van der Waals surface area contributed by atoms with Gasteiger partial charge in [0.1, 0.15) is 0 Å². The fraction of sp³-hybridized carbons (Fsp3) is 0.571. The second-order valence-corrected chi connectivity index (χ2v) is 6.79. The van der Waals surface area contributed by atoms with E-state index < -0.39 is 10.0 Å². The van der Waals surface area contributed by atoms with Crippen molar-refractivity contribution in [1.82, 2.24) is 4.72 Å². The molecule has 1 aliphatic carbocycles. The SMILES string of the molecule is CCC1CCCC(NS(=O)(=O)c2ccccc2)C1.